The average Bonchev–Trinajstić information content (AvgIpc) is 3.01. The van der Waals surface area contributed by atoms with Crippen molar-refractivity contribution in [3.8, 4) is 17.6 Å². The Hall–Kier alpha value is -3.53. The highest BCUT2D eigenvalue weighted by atomic mass is 16.6. The summed E-state index contributed by atoms with van der Waals surface area (Å²) in [6.45, 7) is 5.11. The van der Waals surface area contributed by atoms with Gasteiger partial charge in [0.25, 0.3) is 5.91 Å². The third kappa shape index (κ3) is 5.05. The molecule has 0 bridgehead atoms. The summed E-state index contributed by atoms with van der Waals surface area (Å²) in [6, 6.07) is 13.9. The van der Waals surface area contributed by atoms with Gasteiger partial charge >= 0.3 is 5.97 Å². The van der Waals surface area contributed by atoms with Gasteiger partial charge in [-0.2, -0.15) is 5.26 Å². The summed E-state index contributed by atoms with van der Waals surface area (Å²) < 4.78 is 16.6. The number of hydrogen-bond acceptors (Lipinski definition) is 6. The van der Waals surface area contributed by atoms with E-state index in [1.54, 1.807) is 30.3 Å². The molecule has 0 aromatic heterocycles. The molecule has 7 heteroatoms. The van der Waals surface area contributed by atoms with Gasteiger partial charge in [0.1, 0.15) is 5.60 Å². The lowest BCUT2D eigenvalue weighted by molar-refractivity contribution is -0.155. The molecule has 1 N–H and O–H groups in total. The Bertz CT molecular complexity index is 960. The Balaban J connectivity index is 1.51. The minimum Gasteiger partial charge on any atom is -0.483 e. The maximum absolute atomic E-state index is 12.2. The Kier molecular flexibility index (Phi) is 5.74. The minimum absolute atomic E-state index is 0.319. The van der Waals surface area contributed by atoms with E-state index in [-0.39, 0.29) is 12.2 Å². The molecule has 29 heavy (non-hydrogen) atoms. The Morgan fingerprint density at radius 1 is 1.24 bits per heavy atom. The number of fused-ring (bicyclic) bond motifs is 1. The number of rotatable bonds is 6. The van der Waals surface area contributed by atoms with E-state index >= 15 is 0 Å². The van der Waals surface area contributed by atoms with Crippen LogP contribution in [0.25, 0.3) is 0 Å². The second-order valence-corrected chi connectivity index (χ2v) is 7.38. The number of carbonyl (C=O) groups excluding carboxylic acids is 2. The highest BCUT2D eigenvalue weighted by Crippen LogP contribution is 2.41. The largest absolute Gasteiger partial charge is 0.483 e. The summed E-state index contributed by atoms with van der Waals surface area (Å²) >= 11 is 0. The number of nitriles is 1. The van der Waals surface area contributed by atoms with E-state index in [4.69, 9.17) is 19.5 Å². The summed E-state index contributed by atoms with van der Waals surface area (Å²) in [5.41, 5.74) is 1.70. The minimum atomic E-state index is -1.00. The molecule has 0 unspecified atom stereocenters. The van der Waals surface area contributed by atoms with E-state index < -0.39 is 18.0 Å². The van der Waals surface area contributed by atoms with Crippen LogP contribution in [0.3, 0.4) is 0 Å². The van der Waals surface area contributed by atoms with Crippen LogP contribution >= 0.6 is 0 Å². The molecule has 1 aliphatic rings. The van der Waals surface area contributed by atoms with E-state index in [9.17, 15) is 9.59 Å². The normalized spacial score (nSPS) is 14.7. The quantitative estimate of drug-likeness (QED) is 0.756. The zero-order valence-electron chi connectivity index (χ0n) is 16.5. The molecule has 2 aromatic rings. The fraction of sp³-hybridized carbons (Fsp3) is 0.318. The summed E-state index contributed by atoms with van der Waals surface area (Å²) in [4.78, 5) is 24.3. The molecule has 0 radical (unpaired) electrons. The van der Waals surface area contributed by atoms with E-state index in [2.05, 4.69) is 5.32 Å². The van der Waals surface area contributed by atoms with Crippen LogP contribution in [0.2, 0.25) is 0 Å². The molecular formula is C22H22N2O5. The van der Waals surface area contributed by atoms with Crippen molar-refractivity contribution in [2.75, 3.05) is 11.9 Å². The van der Waals surface area contributed by atoms with Gasteiger partial charge in [0, 0.05) is 17.7 Å². The average molecular weight is 394 g/mol. The maximum Gasteiger partial charge on any atom is 0.344 e. The molecule has 0 saturated heterocycles. The van der Waals surface area contributed by atoms with Gasteiger partial charge in [-0.05, 0) is 51.1 Å². The van der Waals surface area contributed by atoms with Crippen LogP contribution in [-0.2, 0) is 20.7 Å². The van der Waals surface area contributed by atoms with Crippen molar-refractivity contribution >= 4 is 17.6 Å². The van der Waals surface area contributed by atoms with Crippen molar-refractivity contribution < 1.29 is 23.8 Å². The molecule has 1 heterocycles. The maximum atomic E-state index is 12.2. The number of amides is 1. The molecule has 1 aliphatic heterocycles. The van der Waals surface area contributed by atoms with Crippen molar-refractivity contribution in [2.45, 2.75) is 38.9 Å². The predicted octanol–water partition coefficient (Wildman–Crippen LogP) is 3.22. The number of para-hydroxylation sites is 1. The number of carbonyl (C=O) groups is 2. The fourth-order valence-electron chi connectivity index (χ4n) is 2.99. The van der Waals surface area contributed by atoms with E-state index in [1.165, 1.54) is 6.92 Å². The molecule has 2 aromatic carbocycles. The first-order valence-corrected chi connectivity index (χ1v) is 9.21. The first kappa shape index (κ1) is 20.2. The van der Waals surface area contributed by atoms with Gasteiger partial charge in [-0.15, -0.1) is 0 Å². The third-order valence-electron chi connectivity index (χ3n) is 4.36. The van der Waals surface area contributed by atoms with Crippen LogP contribution < -0.4 is 14.8 Å². The first-order valence-electron chi connectivity index (χ1n) is 9.21. The fourth-order valence-corrected chi connectivity index (χ4v) is 2.99. The van der Waals surface area contributed by atoms with Crippen LogP contribution in [-0.4, -0.2) is 30.2 Å². The zero-order chi connectivity index (χ0) is 21.0. The summed E-state index contributed by atoms with van der Waals surface area (Å²) in [7, 11) is 0. The van der Waals surface area contributed by atoms with Crippen LogP contribution in [0.15, 0.2) is 42.5 Å². The summed E-state index contributed by atoms with van der Waals surface area (Å²) in [5, 5.41) is 11.4. The number of benzene rings is 2. The van der Waals surface area contributed by atoms with E-state index in [0.29, 0.717) is 22.7 Å². The Morgan fingerprint density at radius 2 is 1.97 bits per heavy atom. The van der Waals surface area contributed by atoms with Gasteiger partial charge in [-0.1, -0.05) is 12.1 Å². The van der Waals surface area contributed by atoms with Gasteiger partial charge in [0.15, 0.2) is 24.2 Å². The zero-order valence-corrected chi connectivity index (χ0v) is 16.5. The molecule has 7 nitrogen and oxygen atoms in total. The topological polar surface area (TPSA) is 97.7 Å². The van der Waals surface area contributed by atoms with Gasteiger partial charge in [-0.25, -0.2) is 4.79 Å². The molecule has 0 spiro atoms. The summed E-state index contributed by atoms with van der Waals surface area (Å²) in [5.74, 6) is -0.0345. The van der Waals surface area contributed by atoms with Crippen LogP contribution in [0, 0.1) is 11.3 Å². The molecule has 1 amide bonds. The van der Waals surface area contributed by atoms with Gasteiger partial charge in [0.2, 0.25) is 0 Å². The van der Waals surface area contributed by atoms with Crippen molar-refractivity contribution in [1.82, 2.24) is 0 Å². The Morgan fingerprint density at radius 3 is 2.66 bits per heavy atom. The lowest BCUT2D eigenvalue weighted by atomic mass is 10.0. The number of anilines is 1. The van der Waals surface area contributed by atoms with Crippen molar-refractivity contribution in [1.29, 1.82) is 5.26 Å². The van der Waals surface area contributed by atoms with Crippen LogP contribution in [0.5, 0.6) is 11.5 Å². The highest BCUT2D eigenvalue weighted by Gasteiger charge is 2.32. The molecule has 0 aliphatic carbocycles. The van der Waals surface area contributed by atoms with Crippen LogP contribution in [0.4, 0.5) is 5.69 Å². The van der Waals surface area contributed by atoms with E-state index in [1.807, 2.05) is 32.0 Å². The SMILES string of the molecule is C[C@H](OC(=O)COc1cccc2c1OC(C)(C)C2)C(=O)Nc1ccc(C#N)cc1. The molecular weight excluding hydrogens is 372 g/mol. The van der Waals surface area contributed by atoms with E-state index in [0.717, 1.165) is 12.0 Å². The lowest BCUT2D eigenvalue weighted by Crippen LogP contribution is -2.31. The molecule has 0 fully saturated rings. The smallest absolute Gasteiger partial charge is 0.344 e. The standard InChI is InChI=1S/C22H22N2O5/c1-14(21(26)24-17-9-7-15(12-23)8-10-17)28-19(25)13-27-18-6-4-5-16-11-22(2,3)29-20(16)18/h4-10,14H,11,13H2,1-3H3,(H,24,26)/t14-/m0/s1. The third-order valence-corrected chi connectivity index (χ3v) is 4.36. The number of hydrogen-bond donors (Lipinski definition) is 1. The second kappa shape index (κ2) is 8.23. The number of nitrogens with zero attached hydrogens (tertiary/aromatic N) is 1. The highest BCUT2D eigenvalue weighted by molar-refractivity contribution is 5.95. The molecule has 1 atom stereocenters. The second-order valence-electron chi connectivity index (χ2n) is 7.38. The number of nitrogens with one attached hydrogen (secondary N) is 1. The number of esters is 1. The van der Waals surface area contributed by atoms with Gasteiger partial charge in [-0.3, -0.25) is 4.79 Å². The molecule has 0 saturated carbocycles. The van der Waals surface area contributed by atoms with Crippen molar-refractivity contribution in [3.63, 3.8) is 0 Å². The van der Waals surface area contributed by atoms with Gasteiger partial charge in [0.05, 0.1) is 11.6 Å². The first-order chi connectivity index (χ1) is 13.8. The molecule has 3 rings (SSSR count). The number of ether oxygens (including phenoxy) is 3. The Labute approximate surface area is 169 Å². The lowest BCUT2D eigenvalue weighted by Gasteiger charge is -2.18. The predicted molar refractivity (Wildman–Crippen MR) is 106 cm³/mol. The molecule has 150 valence electrons. The van der Waals surface area contributed by atoms with Crippen molar-refractivity contribution in [3.05, 3.63) is 53.6 Å². The van der Waals surface area contributed by atoms with Gasteiger partial charge < -0.3 is 19.5 Å². The van der Waals surface area contributed by atoms with Crippen LogP contribution in [0.1, 0.15) is 31.9 Å². The summed E-state index contributed by atoms with van der Waals surface area (Å²) in [6.07, 6.45) is -0.241. The van der Waals surface area contributed by atoms with Crippen molar-refractivity contribution in [2.24, 2.45) is 0 Å². The monoisotopic (exact) mass is 394 g/mol.